The van der Waals surface area contributed by atoms with Crippen LogP contribution in [0.15, 0.2) is 29.0 Å². The highest BCUT2D eigenvalue weighted by Crippen LogP contribution is 2.25. The van der Waals surface area contributed by atoms with Crippen molar-refractivity contribution in [1.29, 1.82) is 0 Å². The van der Waals surface area contributed by atoms with Crippen LogP contribution in [0.4, 0.5) is 5.95 Å². The van der Waals surface area contributed by atoms with Crippen LogP contribution >= 0.6 is 0 Å². The van der Waals surface area contributed by atoms with Crippen molar-refractivity contribution in [1.82, 2.24) is 29.4 Å². The van der Waals surface area contributed by atoms with Crippen LogP contribution in [0.1, 0.15) is 32.2 Å². The Morgan fingerprint density at radius 2 is 2.22 bits per heavy atom. The lowest BCUT2D eigenvalue weighted by Crippen LogP contribution is -2.21. The number of furan rings is 1. The van der Waals surface area contributed by atoms with E-state index in [1.54, 1.807) is 29.3 Å². The molecule has 1 unspecified atom stereocenters. The van der Waals surface area contributed by atoms with Crippen LogP contribution in [0.25, 0.3) is 28.3 Å². The Bertz CT molecular complexity index is 1100. The molecule has 140 valence electrons. The SMILES string of the molecule is CCCCC(C(=O)OC)n1cc2c(nc(N)n3nc(-c4ccco4)nc23)n1. The molecule has 0 aliphatic heterocycles. The zero-order valence-electron chi connectivity index (χ0n) is 15.0. The van der Waals surface area contributed by atoms with Crippen LogP contribution < -0.4 is 5.73 Å². The number of methoxy groups -OCH3 is 1. The fourth-order valence-electron chi connectivity index (χ4n) is 2.99. The molecule has 0 bridgehead atoms. The molecule has 10 heteroatoms. The minimum atomic E-state index is -0.530. The third-order valence-electron chi connectivity index (χ3n) is 4.36. The summed E-state index contributed by atoms with van der Waals surface area (Å²) in [5.41, 5.74) is 6.91. The second kappa shape index (κ2) is 6.71. The number of carbonyl (C=O) groups is 1. The highest BCUT2D eigenvalue weighted by atomic mass is 16.5. The van der Waals surface area contributed by atoms with Crippen LogP contribution in [-0.4, -0.2) is 42.4 Å². The molecule has 0 fully saturated rings. The van der Waals surface area contributed by atoms with E-state index in [1.165, 1.54) is 11.6 Å². The van der Waals surface area contributed by atoms with Gasteiger partial charge in [-0.2, -0.15) is 14.6 Å². The molecule has 0 amide bonds. The lowest BCUT2D eigenvalue weighted by molar-refractivity contribution is -0.145. The molecule has 2 N–H and O–H groups in total. The van der Waals surface area contributed by atoms with Crippen LogP contribution in [0.5, 0.6) is 0 Å². The average Bonchev–Trinajstić information content (AvgIpc) is 3.39. The molecule has 0 aliphatic carbocycles. The van der Waals surface area contributed by atoms with Crippen molar-refractivity contribution in [2.75, 3.05) is 12.8 Å². The van der Waals surface area contributed by atoms with E-state index in [0.29, 0.717) is 34.7 Å². The molecular formula is C17H19N7O3. The van der Waals surface area contributed by atoms with Gasteiger partial charge in [-0.15, -0.1) is 5.10 Å². The average molecular weight is 369 g/mol. The number of rotatable bonds is 6. The summed E-state index contributed by atoms with van der Waals surface area (Å²) < 4.78 is 13.3. The lowest BCUT2D eigenvalue weighted by atomic mass is 10.1. The number of nitrogens with zero attached hydrogens (tertiary/aromatic N) is 6. The quantitative estimate of drug-likeness (QED) is 0.513. The molecule has 0 spiro atoms. The Hall–Kier alpha value is -3.43. The van der Waals surface area contributed by atoms with Gasteiger partial charge in [-0.1, -0.05) is 19.8 Å². The van der Waals surface area contributed by atoms with Gasteiger partial charge < -0.3 is 14.9 Å². The summed E-state index contributed by atoms with van der Waals surface area (Å²) in [7, 11) is 1.37. The molecule has 0 aromatic carbocycles. The second-order valence-electron chi connectivity index (χ2n) is 6.15. The minimum Gasteiger partial charge on any atom is -0.467 e. The first kappa shape index (κ1) is 17.0. The summed E-state index contributed by atoms with van der Waals surface area (Å²) in [6, 6.07) is 2.99. The molecule has 4 heterocycles. The van der Waals surface area contributed by atoms with Gasteiger partial charge in [0.25, 0.3) is 0 Å². The molecular weight excluding hydrogens is 350 g/mol. The third-order valence-corrected chi connectivity index (χ3v) is 4.36. The van der Waals surface area contributed by atoms with Crippen LogP contribution in [0.2, 0.25) is 0 Å². The Kier molecular flexibility index (Phi) is 4.22. The predicted octanol–water partition coefficient (Wildman–Crippen LogP) is 2.22. The van der Waals surface area contributed by atoms with E-state index in [9.17, 15) is 4.79 Å². The van der Waals surface area contributed by atoms with Gasteiger partial charge in [0, 0.05) is 6.20 Å². The molecule has 0 saturated heterocycles. The van der Waals surface area contributed by atoms with E-state index in [4.69, 9.17) is 14.9 Å². The maximum atomic E-state index is 12.2. The Labute approximate surface area is 153 Å². The smallest absolute Gasteiger partial charge is 0.330 e. The number of fused-ring (bicyclic) bond motifs is 3. The maximum absolute atomic E-state index is 12.2. The molecule has 4 aromatic rings. The predicted molar refractivity (Wildman–Crippen MR) is 96.8 cm³/mol. The van der Waals surface area contributed by atoms with E-state index in [2.05, 4.69) is 27.1 Å². The van der Waals surface area contributed by atoms with Crippen molar-refractivity contribution in [3.05, 3.63) is 24.6 Å². The number of nitrogens with two attached hydrogens (primary N) is 1. The summed E-state index contributed by atoms with van der Waals surface area (Å²) in [6.07, 6.45) is 5.72. The highest BCUT2D eigenvalue weighted by molar-refractivity contribution is 5.90. The number of nitrogen functional groups attached to an aromatic ring is 1. The number of esters is 1. The van der Waals surface area contributed by atoms with Gasteiger partial charge in [0.15, 0.2) is 17.1 Å². The van der Waals surface area contributed by atoms with Gasteiger partial charge >= 0.3 is 5.97 Å². The number of hydrogen-bond donors (Lipinski definition) is 1. The summed E-state index contributed by atoms with van der Waals surface area (Å²) in [6.45, 7) is 2.06. The van der Waals surface area contributed by atoms with E-state index < -0.39 is 6.04 Å². The van der Waals surface area contributed by atoms with Gasteiger partial charge in [-0.25, -0.2) is 9.78 Å². The molecule has 0 saturated carbocycles. The van der Waals surface area contributed by atoms with Crippen molar-refractivity contribution < 1.29 is 13.9 Å². The molecule has 4 rings (SSSR count). The van der Waals surface area contributed by atoms with Gasteiger partial charge in [0.05, 0.1) is 18.8 Å². The molecule has 27 heavy (non-hydrogen) atoms. The van der Waals surface area contributed by atoms with Crippen LogP contribution in [0.3, 0.4) is 0 Å². The lowest BCUT2D eigenvalue weighted by Gasteiger charge is -2.14. The fourth-order valence-corrected chi connectivity index (χ4v) is 2.99. The number of carbonyl (C=O) groups excluding carboxylic acids is 1. The van der Waals surface area contributed by atoms with Crippen molar-refractivity contribution in [2.24, 2.45) is 0 Å². The van der Waals surface area contributed by atoms with E-state index >= 15 is 0 Å². The number of ether oxygens (including phenoxy) is 1. The Morgan fingerprint density at radius 3 is 2.93 bits per heavy atom. The van der Waals surface area contributed by atoms with Crippen LogP contribution in [0, 0.1) is 0 Å². The molecule has 0 aliphatic rings. The number of hydrogen-bond acceptors (Lipinski definition) is 8. The summed E-state index contributed by atoms with van der Waals surface area (Å²) in [5.74, 6) is 0.715. The van der Waals surface area contributed by atoms with Crippen molar-refractivity contribution in [2.45, 2.75) is 32.2 Å². The first-order valence-electron chi connectivity index (χ1n) is 8.65. The highest BCUT2D eigenvalue weighted by Gasteiger charge is 2.24. The van der Waals surface area contributed by atoms with E-state index in [1.807, 2.05) is 0 Å². The van der Waals surface area contributed by atoms with Gasteiger partial charge in [-0.3, -0.25) is 4.68 Å². The largest absolute Gasteiger partial charge is 0.467 e. The normalized spacial score (nSPS) is 12.7. The van der Waals surface area contributed by atoms with Crippen molar-refractivity contribution >= 4 is 28.6 Å². The fraction of sp³-hybridized carbons (Fsp3) is 0.353. The molecule has 1 atom stereocenters. The second-order valence-corrected chi connectivity index (χ2v) is 6.15. The number of anilines is 1. The monoisotopic (exact) mass is 369 g/mol. The topological polar surface area (TPSA) is 126 Å². The van der Waals surface area contributed by atoms with Crippen molar-refractivity contribution in [3.63, 3.8) is 0 Å². The van der Waals surface area contributed by atoms with Crippen LogP contribution in [-0.2, 0) is 9.53 Å². The van der Waals surface area contributed by atoms with Gasteiger partial charge in [0.1, 0.15) is 6.04 Å². The van der Waals surface area contributed by atoms with Gasteiger partial charge in [0.2, 0.25) is 11.8 Å². The Morgan fingerprint density at radius 1 is 1.37 bits per heavy atom. The summed E-state index contributed by atoms with van der Waals surface area (Å²) >= 11 is 0. The first-order valence-corrected chi connectivity index (χ1v) is 8.65. The summed E-state index contributed by atoms with van der Waals surface area (Å²) in [4.78, 5) is 21.0. The summed E-state index contributed by atoms with van der Waals surface area (Å²) in [5, 5.41) is 9.43. The molecule has 0 radical (unpaired) electrons. The van der Waals surface area contributed by atoms with E-state index in [-0.39, 0.29) is 11.9 Å². The number of aromatic nitrogens is 6. The molecule has 4 aromatic heterocycles. The zero-order valence-corrected chi connectivity index (χ0v) is 15.0. The zero-order chi connectivity index (χ0) is 19.0. The Balaban J connectivity index is 1.85. The maximum Gasteiger partial charge on any atom is 0.330 e. The standard InChI is InChI=1S/C17H19N7O3/c1-3-4-6-11(16(25)26-2)23-9-10-13(21-23)20-17(18)24-15(10)19-14(22-24)12-7-5-8-27-12/h5,7-9,11H,3-4,6H2,1-2H3,(H2,18,20,21). The van der Waals surface area contributed by atoms with Crippen molar-refractivity contribution in [3.8, 4) is 11.6 Å². The third kappa shape index (κ3) is 2.88. The molecule has 10 nitrogen and oxygen atoms in total. The van der Waals surface area contributed by atoms with E-state index in [0.717, 1.165) is 12.8 Å². The number of unbranched alkanes of at least 4 members (excludes halogenated alkanes) is 1. The first-order chi connectivity index (χ1) is 13.1. The minimum absolute atomic E-state index is 0.149. The van der Waals surface area contributed by atoms with Gasteiger partial charge in [-0.05, 0) is 18.6 Å².